The number of fused-ring (bicyclic) bond motifs is 2. The third kappa shape index (κ3) is 4.54. The highest BCUT2D eigenvalue weighted by molar-refractivity contribution is 7.23. The van der Waals surface area contributed by atoms with Crippen molar-refractivity contribution in [2.75, 3.05) is 49.7 Å². The maximum absolute atomic E-state index is 11.2. The molecular weight excluding hydrogens is 454 g/mol. The number of nitrogens with zero attached hydrogens (tertiary/aromatic N) is 5. The second-order valence-corrected chi connectivity index (χ2v) is 9.35. The maximum Gasteiger partial charge on any atom is 0.243 e. The number of H-pyrrole nitrogens is 1. The molecule has 1 aliphatic rings. The normalized spacial score (nSPS) is 14.1. The minimum Gasteiger partial charge on any atom is -0.378 e. The minimum atomic E-state index is -0.352. The monoisotopic (exact) mass is 481 g/mol. The lowest BCUT2D eigenvalue weighted by Crippen LogP contribution is -2.36. The molecule has 11 heteroatoms. The molecule has 178 valence electrons. The molecule has 34 heavy (non-hydrogen) atoms. The second kappa shape index (κ2) is 9.92. The number of nitrogens with one attached hydrogen (secondary N) is 2. The number of aromatic amines is 1. The summed E-state index contributed by atoms with van der Waals surface area (Å²) in [5.74, 6) is 1.27. The number of hydrogen-bond acceptors (Lipinski definition) is 9. The molecule has 3 N–H and O–H groups in total. The molecule has 1 saturated heterocycles. The first kappa shape index (κ1) is 22.5. The Morgan fingerprint density at radius 3 is 2.97 bits per heavy atom. The first-order valence-corrected chi connectivity index (χ1v) is 12.2. The zero-order chi connectivity index (χ0) is 23.5. The van der Waals surface area contributed by atoms with Gasteiger partial charge in [0.05, 0.1) is 40.1 Å². The van der Waals surface area contributed by atoms with Gasteiger partial charge in [-0.2, -0.15) is 5.10 Å². The topological polar surface area (TPSA) is 120 Å². The molecule has 1 fully saturated rings. The van der Waals surface area contributed by atoms with Crippen molar-refractivity contribution in [2.24, 2.45) is 0 Å². The molecule has 0 bridgehead atoms. The molecule has 0 radical (unpaired) electrons. The third-order valence-electron chi connectivity index (χ3n) is 6.03. The number of ether oxygens (including phenoxy) is 1. The number of aromatic nitrogens is 4. The van der Waals surface area contributed by atoms with E-state index in [0.717, 1.165) is 63.6 Å². The predicted molar refractivity (Wildman–Crippen MR) is 133 cm³/mol. The molecule has 4 heterocycles. The summed E-state index contributed by atoms with van der Waals surface area (Å²) in [6.45, 7) is 3.73. The number of carbonyl (C=O) groups excluding carboxylic acids is 1. The highest BCUT2D eigenvalue weighted by atomic mass is 32.1. The van der Waals surface area contributed by atoms with Crippen LogP contribution >= 0.6 is 11.3 Å². The molecule has 0 atom stereocenters. The van der Waals surface area contributed by atoms with Crippen LogP contribution in [0.25, 0.3) is 32.5 Å². The molecule has 3 aromatic heterocycles. The molecule has 1 aromatic carbocycles. The van der Waals surface area contributed by atoms with E-state index < -0.39 is 0 Å². The van der Waals surface area contributed by atoms with E-state index in [0.29, 0.717) is 31.9 Å². The molecule has 0 unspecified atom stereocenters. The Bertz CT molecular complexity index is 1300. The largest absolute Gasteiger partial charge is 0.378 e. The van der Waals surface area contributed by atoms with Crippen LogP contribution in [0.1, 0.15) is 19.3 Å². The Morgan fingerprint density at radius 1 is 1.29 bits per heavy atom. The number of rotatable bonds is 8. The fourth-order valence-corrected chi connectivity index (χ4v) is 5.27. The van der Waals surface area contributed by atoms with Crippen LogP contribution in [0.5, 0.6) is 0 Å². The van der Waals surface area contributed by atoms with Gasteiger partial charge >= 0.3 is 0 Å². The Kier molecular flexibility index (Phi) is 6.57. The number of unbranched alkanes of at least 4 members (excludes halogenated alkanes) is 1. The summed E-state index contributed by atoms with van der Waals surface area (Å²) in [4.78, 5) is 25.7. The summed E-state index contributed by atoms with van der Waals surface area (Å²) in [6.07, 6.45) is 3.68. The maximum atomic E-state index is 11.2. The van der Waals surface area contributed by atoms with Gasteiger partial charge in [-0.3, -0.25) is 15.1 Å². The average molecular weight is 482 g/mol. The lowest BCUT2D eigenvalue weighted by Gasteiger charge is -2.28. The van der Waals surface area contributed by atoms with Crippen molar-refractivity contribution >= 4 is 49.2 Å². The van der Waals surface area contributed by atoms with Crippen LogP contribution in [-0.2, 0) is 9.53 Å². The van der Waals surface area contributed by atoms with Crippen LogP contribution in [0, 0.1) is 0 Å². The number of thiophene rings is 1. The molecule has 4 aromatic rings. The summed E-state index contributed by atoms with van der Waals surface area (Å²) in [7, 11) is 2.05. The van der Waals surface area contributed by atoms with Crippen molar-refractivity contribution in [2.45, 2.75) is 19.3 Å². The van der Waals surface area contributed by atoms with Gasteiger partial charge in [0, 0.05) is 44.1 Å². The van der Waals surface area contributed by atoms with E-state index in [4.69, 9.17) is 19.9 Å². The minimum absolute atomic E-state index is 0.312. The van der Waals surface area contributed by atoms with Gasteiger partial charge in [-0.15, -0.1) is 11.3 Å². The van der Waals surface area contributed by atoms with Crippen LogP contribution in [0.3, 0.4) is 0 Å². The van der Waals surface area contributed by atoms with E-state index >= 15 is 0 Å². The van der Waals surface area contributed by atoms with Gasteiger partial charge in [0.15, 0.2) is 11.6 Å². The van der Waals surface area contributed by atoms with Crippen LogP contribution in [-0.4, -0.2) is 71.2 Å². The predicted octanol–water partition coefficient (Wildman–Crippen LogP) is 3.18. The van der Waals surface area contributed by atoms with Gasteiger partial charge in [0.1, 0.15) is 0 Å². The lowest BCUT2D eigenvalue weighted by molar-refractivity contribution is -0.129. The van der Waals surface area contributed by atoms with E-state index in [9.17, 15) is 4.79 Å². The zero-order valence-corrected chi connectivity index (χ0v) is 19.8. The number of benzene rings is 1. The van der Waals surface area contributed by atoms with Gasteiger partial charge < -0.3 is 14.5 Å². The second-order valence-electron chi connectivity index (χ2n) is 8.32. The van der Waals surface area contributed by atoms with E-state index in [1.165, 1.54) is 0 Å². The van der Waals surface area contributed by atoms with Crippen LogP contribution in [0.2, 0.25) is 0 Å². The van der Waals surface area contributed by atoms with Gasteiger partial charge in [0.2, 0.25) is 5.91 Å². The molecular formula is C23H27N7O3S. The average Bonchev–Trinajstić information content (AvgIpc) is 3.53. The highest BCUT2D eigenvalue weighted by Crippen LogP contribution is 2.39. The van der Waals surface area contributed by atoms with Crippen LogP contribution in [0.15, 0.2) is 30.5 Å². The molecule has 0 aliphatic carbocycles. The quantitative estimate of drug-likeness (QED) is 0.199. The summed E-state index contributed by atoms with van der Waals surface area (Å²) < 4.78 is 6.63. The van der Waals surface area contributed by atoms with E-state index in [-0.39, 0.29) is 5.91 Å². The number of hydrogen-bond donors (Lipinski definition) is 3. The number of carbonyl (C=O) groups is 1. The molecule has 10 nitrogen and oxygen atoms in total. The Balaban J connectivity index is 1.49. The van der Waals surface area contributed by atoms with Gasteiger partial charge in [0.25, 0.3) is 0 Å². The van der Waals surface area contributed by atoms with E-state index in [1.54, 1.807) is 16.8 Å². The van der Waals surface area contributed by atoms with Crippen LogP contribution < -0.4 is 15.3 Å². The Labute approximate surface area is 200 Å². The van der Waals surface area contributed by atoms with E-state index in [1.807, 2.05) is 31.4 Å². The van der Waals surface area contributed by atoms with Gasteiger partial charge in [-0.25, -0.2) is 15.4 Å². The van der Waals surface area contributed by atoms with Gasteiger partial charge in [-0.1, -0.05) is 12.1 Å². The Morgan fingerprint density at radius 2 is 2.15 bits per heavy atom. The number of amides is 1. The standard InChI is InChI=1S/C23H27N7O3S/c1-29(8-3-2-7-19(31)28-32)20-13-18-21(34-20)23(30-9-11-33-12-10-30)26-22(25-18)15-5-4-6-17-16(15)14-24-27-17/h4-6,13-14,32H,2-3,7-12H2,1H3,(H,24,27)(H,28,31). The van der Waals surface area contributed by atoms with Gasteiger partial charge in [-0.05, 0) is 25.0 Å². The lowest BCUT2D eigenvalue weighted by atomic mass is 10.1. The van der Waals surface area contributed by atoms with E-state index in [2.05, 4.69) is 26.1 Å². The molecule has 1 amide bonds. The smallest absolute Gasteiger partial charge is 0.243 e. The van der Waals surface area contributed by atoms with Crippen molar-refractivity contribution in [1.29, 1.82) is 0 Å². The first-order valence-electron chi connectivity index (χ1n) is 11.3. The number of morpholine rings is 1. The summed E-state index contributed by atoms with van der Waals surface area (Å²) in [5.41, 5.74) is 4.50. The number of hydroxylamine groups is 1. The third-order valence-corrected chi connectivity index (χ3v) is 7.26. The SMILES string of the molecule is CN(CCCCC(=O)NO)c1cc2nc(-c3cccc4[nH]ncc34)nc(N3CCOCC3)c2s1. The fourth-order valence-electron chi connectivity index (χ4n) is 4.16. The zero-order valence-electron chi connectivity index (χ0n) is 19.0. The highest BCUT2D eigenvalue weighted by Gasteiger charge is 2.21. The summed E-state index contributed by atoms with van der Waals surface area (Å²) in [6, 6.07) is 8.13. The number of anilines is 2. The first-order chi connectivity index (χ1) is 16.6. The molecule has 0 spiro atoms. The molecule has 5 rings (SSSR count). The van der Waals surface area contributed by atoms with Crippen molar-refractivity contribution in [3.8, 4) is 11.4 Å². The van der Waals surface area contributed by atoms with Crippen molar-refractivity contribution in [3.63, 3.8) is 0 Å². The Hall–Kier alpha value is -3.28. The summed E-state index contributed by atoms with van der Waals surface area (Å²) >= 11 is 1.68. The van der Waals surface area contributed by atoms with Crippen molar-refractivity contribution in [3.05, 3.63) is 30.5 Å². The molecule has 1 aliphatic heterocycles. The fraction of sp³-hybridized carbons (Fsp3) is 0.391. The summed E-state index contributed by atoms with van der Waals surface area (Å²) in [5, 5.41) is 18.0. The van der Waals surface area contributed by atoms with Crippen molar-refractivity contribution < 1.29 is 14.7 Å². The van der Waals surface area contributed by atoms with Crippen LogP contribution in [0.4, 0.5) is 10.8 Å². The van der Waals surface area contributed by atoms with Crippen molar-refractivity contribution in [1.82, 2.24) is 25.6 Å². The molecule has 0 saturated carbocycles.